The van der Waals surface area contributed by atoms with Crippen molar-refractivity contribution in [2.45, 2.75) is 6.36 Å². The summed E-state index contributed by atoms with van der Waals surface area (Å²) in [6.07, 6.45) is -5.43. The van der Waals surface area contributed by atoms with Crippen LogP contribution in [0, 0.1) is 10.2 Å². The van der Waals surface area contributed by atoms with E-state index in [0.29, 0.717) is 0 Å². The van der Waals surface area contributed by atoms with E-state index in [-0.39, 0.29) is 0 Å². The van der Waals surface area contributed by atoms with Gasteiger partial charge in [0.2, 0.25) is 0 Å². The predicted octanol–water partition coefficient (Wildman–Crippen LogP) is -2.58. The number of hydrogen-bond donors (Lipinski definition) is 0. The van der Waals surface area contributed by atoms with Crippen LogP contribution in [0.2, 0.25) is 0 Å². The lowest BCUT2D eigenvalue weighted by Gasteiger charge is -2.12. The van der Waals surface area contributed by atoms with Crippen molar-refractivity contribution in [3.8, 4) is 0 Å². The molecule has 8 heteroatoms. The van der Waals surface area contributed by atoms with E-state index in [2.05, 4.69) is 0 Å². The van der Waals surface area contributed by atoms with Gasteiger partial charge in [-0.3, -0.25) is 0 Å². The van der Waals surface area contributed by atoms with Crippen molar-refractivity contribution in [3.63, 3.8) is 0 Å². The first-order valence-corrected chi connectivity index (χ1v) is 2.62. The Morgan fingerprint density at radius 3 is 1.44 bits per heavy atom. The van der Waals surface area contributed by atoms with E-state index < -0.39 is 16.6 Å². The quantitative estimate of drug-likeness (QED) is 0.431. The van der Waals surface area contributed by atoms with Crippen LogP contribution in [0.5, 0.6) is 0 Å². The van der Waals surface area contributed by atoms with Crippen molar-refractivity contribution >= 4 is 0 Å². The van der Waals surface area contributed by atoms with Crippen molar-refractivity contribution in [3.05, 3.63) is 0 Å². The van der Waals surface area contributed by atoms with Crippen LogP contribution in [0.1, 0.15) is 0 Å². The first-order valence-electron chi connectivity index (χ1n) is 1.39. The maximum absolute atomic E-state index is 10.7. The molecular weight excluding hydrogens is 168 g/mol. The molecule has 0 aliphatic rings. The lowest BCUT2D eigenvalue weighted by molar-refractivity contribution is -1.92. The van der Waals surface area contributed by atoms with Gasteiger partial charge >= 0.3 is 6.36 Å². The van der Waals surface area contributed by atoms with Gasteiger partial charge in [-0.05, 0) is 0 Å². The first-order chi connectivity index (χ1) is 3.71. The topological polar surface area (TPSA) is 78.4 Å². The van der Waals surface area contributed by atoms with Crippen molar-refractivity contribution in [2.75, 3.05) is 0 Å². The molecule has 0 aromatic heterocycles. The zero-order valence-electron chi connectivity index (χ0n) is 3.64. The minimum atomic E-state index is -5.43. The summed E-state index contributed by atoms with van der Waals surface area (Å²) in [7, 11) is -5.40. The molecule has 0 N–H and O–H groups in total. The molecule has 0 fully saturated rings. The Balaban J connectivity index is 3.75. The van der Waals surface area contributed by atoms with Crippen LogP contribution in [-0.4, -0.2) is 6.36 Å². The van der Waals surface area contributed by atoms with E-state index in [1.54, 1.807) is 0 Å². The zero-order valence-corrected chi connectivity index (χ0v) is 4.40. The monoisotopic (exact) mass is 168 g/mol. The van der Waals surface area contributed by atoms with E-state index >= 15 is 0 Å². The predicted molar refractivity (Wildman–Crippen MR) is 7.14 cm³/mol. The van der Waals surface area contributed by atoms with Gasteiger partial charge in [-0.2, -0.15) is 14.0 Å². The molecule has 0 unspecified atom stereocenters. The molecular formula is CClF3O4. The normalized spacial score (nSPS) is 14.0. The van der Waals surface area contributed by atoms with Crippen LogP contribution in [0.15, 0.2) is 0 Å². The third-order valence-electron chi connectivity index (χ3n) is 0.182. The molecule has 9 heavy (non-hydrogen) atoms. The van der Waals surface area contributed by atoms with Crippen LogP contribution in [0.3, 0.4) is 0 Å². The van der Waals surface area contributed by atoms with Crippen LogP contribution in [0.4, 0.5) is 13.2 Å². The van der Waals surface area contributed by atoms with Crippen molar-refractivity contribution in [2.24, 2.45) is 0 Å². The van der Waals surface area contributed by atoms with Gasteiger partial charge in [0.25, 0.3) is 0 Å². The third-order valence-corrected chi connectivity index (χ3v) is 0.546. The molecule has 0 aromatic rings. The van der Waals surface area contributed by atoms with E-state index in [9.17, 15) is 13.2 Å². The molecule has 0 aromatic carbocycles. The van der Waals surface area contributed by atoms with E-state index in [0.717, 1.165) is 0 Å². The van der Waals surface area contributed by atoms with Gasteiger partial charge in [0.05, 0.1) is 10.2 Å². The van der Waals surface area contributed by atoms with Crippen LogP contribution >= 0.6 is 0 Å². The van der Waals surface area contributed by atoms with Gasteiger partial charge in [0.1, 0.15) is 0 Å². The Hall–Kier alpha value is -0.0800. The average Bonchev–Trinajstić information content (AvgIpc) is 1.14. The molecule has 0 spiro atoms. The number of halogens is 4. The van der Waals surface area contributed by atoms with E-state index in [1.807, 2.05) is 4.29 Å². The fraction of sp³-hybridized carbons (Fsp3) is 1.00. The van der Waals surface area contributed by atoms with Crippen LogP contribution < -0.4 is 14.0 Å². The SMILES string of the molecule is [O-][Cl+3]([O-])([O-])OC(F)(F)F. The highest BCUT2D eigenvalue weighted by atomic mass is 35.7. The molecule has 0 rings (SSSR count). The smallest absolute Gasteiger partial charge is 0.183 e. The Labute approximate surface area is 49.2 Å². The maximum Gasteiger partial charge on any atom is 0.666 e. The molecule has 0 radical (unpaired) electrons. The Kier molecular flexibility index (Phi) is 2.25. The Bertz CT molecular complexity index is 81.0. The fourth-order valence-corrected chi connectivity index (χ4v) is 0.321. The standard InChI is InChI=1S/CClF3O4/c3-1(4,5)9-2(6,7)8. The summed E-state index contributed by atoms with van der Waals surface area (Å²) < 4.78 is 61.6. The highest BCUT2D eigenvalue weighted by Gasteiger charge is 2.48. The summed E-state index contributed by atoms with van der Waals surface area (Å²) in [5.74, 6) is 0. The van der Waals surface area contributed by atoms with Gasteiger partial charge in [-0.1, -0.05) is 0 Å². The van der Waals surface area contributed by atoms with Gasteiger partial charge < -0.3 is 0 Å². The molecule has 0 heterocycles. The van der Waals surface area contributed by atoms with E-state index in [1.165, 1.54) is 0 Å². The molecule has 0 atom stereocenters. The summed E-state index contributed by atoms with van der Waals surface area (Å²) in [5, 5.41) is 0. The second kappa shape index (κ2) is 2.27. The average molecular weight is 168 g/mol. The molecule has 0 saturated carbocycles. The van der Waals surface area contributed by atoms with Gasteiger partial charge in [-0.25, -0.2) is 0 Å². The number of alkyl halides is 3. The Morgan fingerprint density at radius 1 is 1.11 bits per heavy atom. The third kappa shape index (κ3) is 7.92. The summed E-state index contributed by atoms with van der Waals surface area (Å²) >= 11 is 0. The summed E-state index contributed by atoms with van der Waals surface area (Å²) in [4.78, 5) is 0. The van der Waals surface area contributed by atoms with Gasteiger partial charge in [0.15, 0.2) is 4.29 Å². The molecule has 0 amide bonds. The summed E-state index contributed by atoms with van der Waals surface area (Å²) in [6, 6.07) is 0. The summed E-state index contributed by atoms with van der Waals surface area (Å²) in [6.45, 7) is 0. The fourth-order valence-electron chi connectivity index (χ4n) is 0.107. The van der Waals surface area contributed by atoms with E-state index in [4.69, 9.17) is 14.0 Å². The van der Waals surface area contributed by atoms with Crippen LogP contribution in [0.25, 0.3) is 0 Å². The lowest BCUT2D eigenvalue weighted by Crippen LogP contribution is -2.62. The molecule has 0 bridgehead atoms. The summed E-state index contributed by atoms with van der Waals surface area (Å²) in [5.41, 5.74) is 0. The minimum absolute atomic E-state index is 2.01. The van der Waals surface area contributed by atoms with Gasteiger partial charge in [0, 0.05) is 0 Å². The van der Waals surface area contributed by atoms with Crippen LogP contribution in [-0.2, 0) is 4.29 Å². The number of rotatable bonds is 1. The molecule has 0 aliphatic heterocycles. The number of hydrogen-bond acceptors (Lipinski definition) is 4. The lowest BCUT2D eigenvalue weighted by atomic mass is 11.4. The van der Waals surface area contributed by atoms with Gasteiger partial charge in [-0.15, -0.1) is 13.2 Å². The largest absolute Gasteiger partial charge is 0.666 e. The maximum atomic E-state index is 10.7. The molecule has 0 saturated heterocycles. The first kappa shape index (κ1) is 8.92. The minimum Gasteiger partial charge on any atom is -0.183 e. The molecule has 56 valence electrons. The second-order valence-corrected chi connectivity index (χ2v) is 1.81. The van der Waals surface area contributed by atoms with Crippen molar-refractivity contribution in [1.82, 2.24) is 0 Å². The van der Waals surface area contributed by atoms with Crippen molar-refractivity contribution < 1.29 is 41.7 Å². The highest BCUT2D eigenvalue weighted by Crippen LogP contribution is 2.18. The zero-order chi connectivity index (χ0) is 7.71. The second-order valence-electron chi connectivity index (χ2n) is 0.901. The molecule has 0 aliphatic carbocycles. The molecule has 4 nitrogen and oxygen atoms in total. The Morgan fingerprint density at radius 2 is 1.44 bits per heavy atom. The highest BCUT2D eigenvalue weighted by molar-refractivity contribution is 4.10. The van der Waals surface area contributed by atoms with Crippen molar-refractivity contribution in [1.29, 1.82) is 0 Å².